The Labute approximate surface area is 120 Å². The highest BCUT2D eigenvalue weighted by Crippen LogP contribution is 2.29. The third-order valence-corrected chi connectivity index (χ3v) is 3.31. The lowest BCUT2D eigenvalue weighted by Crippen LogP contribution is -2.23. The number of hydrogen-bond donors (Lipinski definition) is 0. The molecule has 1 rings (SSSR count). The number of rotatable bonds is 4. The zero-order valence-corrected chi connectivity index (χ0v) is 13.2. The minimum absolute atomic E-state index is 0.230. The molecule has 0 radical (unpaired) electrons. The lowest BCUT2D eigenvalue weighted by molar-refractivity contribution is -0.153. The second-order valence-electron chi connectivity index (χ2n) is 5.57. The average molecular weight is 278 g/mol. The Morgan fingerprint density at radius 3 is 2.53 bits per heavy atom. The minimum Gasteiger partial charge on any atom is -0.460 e. The van der Waals surface area contributed by atoms with Crippen LogP contribution in [0.4, 0.5) is 0 Å². The molecule has 2 nitrogen and oxygen atoms in total. The van der Waals surface area contributed by atoms with E-state index >= 15 is 0 Å². The zero-order valence-electron chi connectivity index (χ0n) is 12.4. The third kappa shape index (κ3) is 5.11. The van der Waals surface area contributed by atoms with Crippen LogP contribution < -0.4 is 0 Å². The largest absolute Gasteiger partial charge is 0.460 e. The van der Waals surface area contributed by atoms with E-state index in [4.69, 9.17) is 4.74 Å². The van der Waals surface area contributed by atoms with Crippen molar-refractivity contribution in [1.82, 2.24) is 0 Å². The maximum Gasteiger partial charge on any atom is 0.310 e. The molecule has 0 saturated heterocycles. The first-order chi connectivity index (χ1) is 8.73. The van der Waals surface area contributed by atoms with Crippen LogP contribution in [0.25, 0.3) is 5.57 Å². The number of aryl methyl sites for hydroxylation is 1. The Morgan fingerprint density at radius 2 is 2.00 bits per heavy atom. The van der Waals surface area contributed by atoms with Gasteiger partial charge in [-0.05, 0) is 51.2 Å². The van der Waals surface area contributed by atoms with E-state index in [1.54, 1.807) is 11.8 Å². The van der Waals surface area contributed by atoms with Gasteiger partial charge in [-0.25, -0.2) is 0 Å². The summed E-state index contributed by atoms with van der Waals surface area (Å²) in [7, 11) is 0. The summed E-state index contributed by atoms with van der Waals surface area (Å²) >= 11 is 1.66. The van der Waals surface area contributed by atoms with Crippen molar-refractivity contribution in [2.24, 2.45) is 0 Å². The summed E-state index contributed by atoms with van der Waals surface area (Å²) in [5.41, 5.74) is 2.56. The van der Waals surface area contributed by atoms with Gasteiger partial charge in [0, 0.05) is 4.90 Å². The lowest BCUT2D eigenvalue weighted by Gasteiger charge is -2.20. The molecule has 0 heterocycles. The van der Waals surface area contributed by atoms with E-state index in [2.05, 4.69) is 24.8 Å². The number of hydrogen-bond acceptors (Lipinski definition) is 3. The molecule has 0 saturated carbocycles. The molecule has 1 aromatic carbocycles. The molecular weight excluding hydrogens is 256 g/mol. The molecule has 104 valence electrons. The number of esters is 1. The maximum absolute atomic E-state index is 11.8. The van der Waals surface area contributed by atoms with Gasteiger partial charge in [-0.3, -0.25) is 4.79 Å². The molecular formula is C16H22O2S. The fraction of sp³-hybridized carbons (Fsp3) is 0.438. The van der Waals surface area contributed by atoms with Gasteiger partial charge < -0.3 is 4.74 Å². The van der Waals surface area contributed by atoms with E-state index in [1.165, 1.54) is 0 Å². The molecule has 0 aliphatic heterocycles. The smallest absolute Gasteiger partial charge is 0.310 e. The van der Waals surface area contributed by atoms with Gasteiger partial charge in [0.15, 0.2) is 0 Å². The summed E-state index contributed by atoms with van der Waals surface area (Å²) in [5.74, 6) is -0.231. The minimum atomic E-state index is -0.452. The molecule has 0 fully saturated rings. The number of benzene rings is 1. The highest BCUT2D eigenvalue weighted by Gasteiger charge is 2.18. The molecule has 0 bridgehead atoms. The number of carbonyl (C=O) groups is 1. The number of ether oxygens (including phenoxy) is 1. The highest BCUT2D eigenvalue weighted by atomic mass is 32.2. The highest BCUT2D eigenvalue weighted by molar-refractivity contribution is 7.98. The second-order valence-corrected chi connectivity index (χ2v) is 6.42. The fourth-order valence-corrected chi connectivity index (χ4v) is 2.37. The van der Waals surface area contributed by atoms with Gasteiger partial charge in [-0.2, -0.15) is 0 Å². The van der Waals surface area contributed by atoms with Gasteiger partial charge in [0.1, 0.15) is 5.60 Å². The van der Waals surface area contributed by atoms with Crippen molar-refractivity contribution in [3.05, 3.63) is 35.9 Å². The molecule has 19 heavy (non-hydrogen) atoms. The van der Waals surface area contributed by atoms with Crippen LogP contribution in [0.3, 0.4) is 0 Å². The lowest BCUT2D eigenvalue weighted by atomic mass is 10.0. The first-order valence-electron chi connectivity index (χ1n) is 6.27. The molecule has 0 spiro atoms. The van der Waals surface area contributed by atoms with E-state index in [9.17, 15) is 4.79 Å². The van der Waals surface area contributed by atoms with Gasteiger partial charge in [0.05, 0.1) is 6.42 Å². The van der Waals surface area contributed by atoms with Crippen molar-refractivity contribution in [2.75, 3.05) is 6.26 Å². The molecule has 0 aliphatic rings. The van der Waals surface area contributed by atoms with Crippen LogP contribution >= 0.6 is 11.8 Å². The van der Waals surface area contributed by atoms with Crippen molar-refractivity contribution < 1.29 is 9.53 Å². The topological polar surface area (TPSA) is 26.3 Å². The summed E-state index contributed by atoms with van der Waals surface area (Å²) in [4.78, 5) is 13.0. The van der Waals surface area contributed by atoms with Crippen molar-refractivity contribution in [3.63, 3.8) is 0 Å². The van der Waals surface area contributed by atoms with Gasteiger partial charge in [-0.1, -0.05) is 24.3 Å². The van der Waals surface area contributed by atoms with Gasteiger partial charge in [0.2, 0.25) is 0 Å². The Kier molecular flexibility index (Phi) is 5.24. The van der Waals surface area contributed by atoms with Crippen molar-refractivity contribution >= 4 is 23.3 Å². The summed E-state index contributed by atoms with van der Waals surface area (Å²) < 4.78 is 5.33. The Bertz CT molecular complexity index is 484. The molecule has 0 N–H and O–H groups in total. The quantitative estimate of drug-likeness (QED) is 0.601. The molecule has 0 amide bonds. The van der Waals surface area contributed by atoms with Crippen LogP contribution in [-0.2, 0) is 9.53 Å². The number of thioether (sulfide) groups is 1. The molecule has 0 unspecified atom stereocenters. The van der Waals surface area contributed by atoms with E-state index in [-0.39, 0.29) is 12.4 Å². The van der Waals surface area contributed by atoms with Crippen LogP contribution in [0.5, 0.6) is 0 Å². The van der Waals surface area contributed by atoms with E-state index < -0.39 is 5.60 Å². The van der Waals surface area contributed by atoms with E-state index in [1.807, 2.05) is 34.0 Å². The normalized spacial score (nSPS) is 11.2. The first kappa shape index (κ1) is 15.8. The van der Waals surface area contributed by atoms with Crippen LogP contribution in [0, 0.1) is 6.92 Å². The van der Waals surface area contributed by atoms with Crippen molar-refractivity contribution in [2.45, 2.75) is 44.6 Å². The molecule has 3 heteroatoms. The second kappa shape index (κ2) is 6.29. The summed E-state index contributed by atoms with van der Waals surface area (Å²) in [6, 6.07) is 6.20. The zero-order chi connectivity index (χ0) is 14.6. The Morgan fingerprint density at radius 1 is 1.37 bits per heavy atom. The Hall–Kier alpha value is -1.22. The standard InChI is InChI=1S/C16H22O2S/c1-11-7-8-14(19-6)13(9-11)12(2)10-15(17)18-16(3,4)5/h7-9H,2,10H2,1,3-6H3. The van der Waals surface area contributed by atoms with Crippen LogP contribution in [0.1, 0.15) is 38.3 Å². The monoisotopic (exact) mass is 278 g/mol. The summed E-state index contributed by atoms with van der Waals surface area (Å²) in [6.45, 7) is 11.7. The summed E-state index contributed by atoms with van der Waals surface area (Å²) in [5, 5.41) is 0. The van der Waals surface area contributed by atoms with Gasteiger partial charge in [-0.15, -0.1) is 11.8 Å². The third-order valence-electron chi connectivity index (χ3n) is 2.51. The van der Waals surface area contributed by atoms with Crippen LogP contribution in [-0.4, -0.2) is 17.8 Å². The van der Waals surface area contributed by atoms with Gasteiger partial charge in [0.25, 0.3) is 0 Å². The Balaban J connectivity index is 2.84. The van der Waals surface area contributed by atoms with Crippen molar-refractivity contribution in [1.29, 1.82) is 0 Å². The molecule has 0 aliphatic carbocycles. The van der Waals surface area contributed by atoms with E-state index in [0.29, 0.717) is 0 Å². The van der Waals surface area contributed by atoms with E-state index in [0.717, 1.165) is 21.6 Å². The SMILES string of the molecule is C=C(CC(=O)OC(C)(C)C)c1cc(C)ccc1SC. The first-order valence-corrected chi connectivity index (χ1v) is 7.50. The fourth-order valence-electron chi connectivity index (χ4n) is 1.75. The molecule has 1 aromatic rings. The predicted octanol–water partition coefficient (Wildman–Crippen LogP) is 4.46. The van der Waals surface area contributed by atoms with Crippen molar-refractivity contribution in [3.8, 4) is 0 Å². The molecule has 0 atom stereocenters. The average Bonchev–Trinajstić information content (AvgIpc) is 2.26. The predicted molar refractivity (Wildman–Crippen MR) is 82.5 cm³/mol. The summed E-state index contributed by atoms with van der Waals surface area (Å²) in [6.07, 6.45) is 2.25. The van der Waals surface area contributed by atoms with Crippen LogP contribution in [0.15, 0.2) is 29.7 Å². The van der Waals surface area contributed by atoms with Crippen LogP contribution in [0.2, 0.25) is 0 Å². The maximum atomic E-state index is 11.8. The number of carbonyl (C=O) groups excluding carboxylic acids is 1. The molecule has 0 aromatic heterocycles. The van der Waals surface area contributed by atoms with Gasteiger partial charge >= 0.3 is 5.97 Å².